The van der Waals surface area contributed by atoms with E-state index in [9.17, 15) is 0 Å². The number of aromatic nitrogens is 1. The van der Waals surface area contributed by atoms with Crippen LogP contribution in [0, 0.1) is 0 Å². The number of nitrogens with one attached hydrogen (secondary N) is 1. The van der Waals surface area contributed by atoms with E-state index in [1.807, 2.05) is 12.4 Å². The first-order valence-electron chi connectivity index (χ1n) is 4.09. The molecule has 0 spiro atoms. The van der Waals surface area contributed by atoms with Crippen LogP contribution in [0.25, 0.3) is 0 Å². The van der Waals surface area contributed by atoms with Crippen molar-refractivity contribution in [3.8, 4) is 0 Å². The predicted molar refractivity (Wildman–Crippen MR) is 52.3 cm³/mol. The number of hydrogen-bond donors (Lipinski definition) is 1. The van der Waals surface area contributed by atoms with E-state index in [-0.39, 0.29) is 0 Å². The summed E-state index contributed by atoms with van der Waals surface area (Å²) in [6.07, 6.45) is 5.92. The Morgan fingerprint density at radius 3 is 3.33 bits per heavy atom. The van der Waals surface area contributed by atoms with Crippen molar-refractivity contribution >= 4 is 17.2 Å². The van der Waals surface area contributed by atoms with Crippen molar-refractivity contribution in [2.24, 2.45) is 0 Å². The number of nitrogens with zero attached hydrogens (tertiary/aromatic N) is 1. The van der Waals surface area contributed by atoms with Crippen molar-refractivity contribution < 1.29 is 0 Å². The van der Waals surface area contributed by atoms with Gasteiger partial charge in [-0.1, -0.05) is 12.2 Å². The van der Waals surface area contributed by atoms with E-state index in [1.54, 1.807) is 0 Å². The molecule has 12 heavy (non-hydrogen) atoms. The molecule has 0 amide bonds. The van der Waals surface area contributed by atoms with E-state index in [0.717, 1.165) is 29.9 Å². The molecule has 0 radical (unpaired) electrons. The van der Waals surface area contributed by atoms with Crippen LogP contribution in [0.1, 0.15) is 17.5 Å². The zero-order valence-corrected chi connectivity index (χ0v) is 7.53. The smallest absolute Gasteiger partial charge is 0.108 e. The van der Waals surface area contributed by atoms with Crippen LogP contribution in [0.2, 0.25) is 0 Å². The minimum atomic E-state index is 0.843. The summed E-state index contributed by atoms with van der Waals surface area (Å²) < 4.78 is 0. The molecule has 2 heterocycles. The van der Waals surface area contributed by atoms with Gasteiger partial charge in [-0.2, -0.15) is 0 Å². The number of pyridine rings is 1. The van der Waals surface area contributed by atoms with Crippen LogP contribution >= 0.6 is 12.2 Å². The fraction of sp³-hybridized carbons (Fsp3) is 0.333. The number of fused-ring (bicyclic) bond motifs is 1. The molecule has 0 fully saturated rings. The fourth-order valence-electron chi connectivity index (χ4n) is 1.42. The summed E-state index contributed by atoms with van der Waals surface area (Å²) in [5, 5.41) is 3.19. The minimum absolute atomic E-state index is 0.843. The Bertz CT molecular complexity index is 309. The van der Waals surface area contributed by atoms with Crippen LogP contribution in [0.4, 0.5) is 0 Å². The summed E-state index contributed by atoms with van der Waals surface area (Å²) >= 11 is 5.20. The van der Waals surface area contributed by atoms with Crippen molar-refractivity contribution in [2.75, 3.05) is 6.54 Å². The van der Waals surface area contributed by atoms with Crippen LogP contribution < -0.4 is 5.32 Å². The van der Waals surface area contributed by atoms with Gasteiger partial charge in [0.15, 0.2) is 0 Å². The topological polar surface area (TPSA) is 24.9 Å². The molecule has 3 heteroatoms. The lowest BCUT2D eigenvalue weighted by Crippen LogP contribution is -2.21. The molecule has 0 atom stereocenters. The Balaban J connectivity index is 2.46. The molecule has 0 aliphatic carbocycles. The SMILES string of the molecule is S=C1NCCCc2ccncc21. The first kappa shape index (κ1) is 7.68. The molecule has 1 aromatic rings. The largest absolute Gasteiger partial charge is 0.376 e. The van der Waals surface area contributed by atoms with Gasteiger partial charge in [0.1, 0.15) is 4.99 Å². The number of aryl methyl sites for hydroxylation is 1. The Kier molecular flexibility index (Phi) is 2.04. The Morgan fingerprint density at radius 1 is 1.50 bits per heavy atom. The summed E-state index contributed by atoms with van der Waals surface area (Å²) in [5.74, 6) is 0. The van der Waals surface area contributed by atoms with Gasteiger partial charge in [-0.25, -0.2) is 0 Å². The van der Waals surface area contributed by atoms with Crippen molar-refractivity contribution in [3.63, 3.8) is 0 Å². The average molecular weight is 178 g/mol. The standard InChI is InChI=1S/C9H10N2S/c12-9-8-6-10-5-3-7(8)2-1-4-11-9/h3,5-6H,1-2,4H2,(H,11,12). The maximum absolute atomic E-state index is 5.20. The number of rotatable bonds is 0. The molecule has 0 saturated carbocycles. The molecule has 62 valence electrons. The molecule has 1 aromatic heterocycles. The third-order valence-electron chi connectivity index (χ3n) is 2.06. The predicted octanol–water partition coefficient (Wildman–Crippen LogP) is 1.29. The van der Waals surface area contributed by atoms with E-state index in [1.165, 1.54) is 5.56 Å². The van der Waals surface area contributed by atoms with Crippen LogP contribution in [0.3, 0.4) is 0 Å². The lowest BCUT2D eigenvalue weighted by molar-refractivity contribution is 0.794. The number of thiocarbonyl (C=S) groups is 1. The zero-order chi connectivity index (χ0) is 8.39. The van der Waals surface area contributed by atoms with Gasteiger partial charge in [0.05, 0.1) is 0 Å². The van der Waals surface area contributed by atoms with Crippen molar-refractivity contribution in [1.29, 1.82) is 0 Å². The van der Waals surface area contributed by atoms with Crippen molar-refractivity contribution in [1.82, 2.24) is 10.3 Å². The van der Waals surface area contributed by atoms with E-state index < -0.39 is 0 Å². The molecule has 0 saturated heterocycles. The lowest BCUT2D eigenvalue weighted by Gasteiger charge is -2.04. The van der Waals surface area contributed by atoms with E-state index in [2.05, 4.69) is 16.4 Å². The van der Waals surface area contributed by atoms with Crippen LogP contribution in [0.15, 0.2) is 18.5 Å². The molecule has 1 aliphatic rings. The second kappa shape index (κ2) is 3.19. The highest BCUT2D eigenvalue weighted by molar-refractivity contribution is 7.80. The van der Waals surface area contributed by atoms with Gasteiger partial charge in [0.2, 0.25) is 0 Å². The Morgan fingerprint density at radius 2 is 2.42 bits per heavy atom. The second-order valence-electron chi connectivity index (χ2n) is 2.89. The molecule has 0 unspecified atom stereocenters. The third-order valence-corrected chi connectivity index (χ3v) is 2.43. The normalized spacial score (nSPS) is 16.2. The maximum atomic E-state index is 5.20. The molecule has 0 bridgehead atoms. The summed E-state index contributed by atoms with van der Waals surface area (Å²) in [4.78, 5) is 4.91. The summed E-state index contributed by atoms with van der Waals surface area (Å²) in [7, 11) is 0. The molecule has 2 rings (SSSR count). The maximum Gasteiger partial charge on any atom is 0.108 e. The van der Waals surface area contributed by atoms with E-state index in [4.69, 9.17) is 12.2 Å². The third kappa shape index (κ3) is 1.32. The van der Waals surface area contributed by atoms with Gasteiger partial charge in [-0.3, -0.25) is 4.98 Å². The number of hydrogen-bond acceptors (Lipinski definition) is 2. The highest BCUT2D eigenvalue weighted by Crippen LogP contribution is 2.12. The highest BCUT2D eigenvalue weighted by atomic mass is 32.1. The first-order chi connectivity index (χ1) is 5.88. The first-order valence-corrected chi connectivity index (χ1v) is 4.50. The summed E-state index contributed by atoms with van der Waals surface area (Å²) in [6, 6.07) is 2.05. The van der Waals surface area contributed by atoms with E-state index >= 15 is 0 Å². The van der Waals surface area contributed by atoms with Crippen LogP contribution in [-0.2, 0) is 6.42 Å². The Hall–Kier alpha value is -0.960. The monoisotopic (exact) mass is 178 g/mol. The highest BCUT2D eigenvalue weighted by Gasteiger charge is 2.10. The summed E-state index contributed by atoms with van der Waals surface area (Å²) in [5.41, 5.74) is 2.42. The lowest BCUT2D eigenvalue weighted by atomic mass is 10.1. The van der Waals surface area contributed by atoms with Crippen LogP contribution in [0.5, 0.6) is 0 Å². The van der Waals surface area contributed by atoms with Gasteiger partial charge >= 0.3 is 0 Å². The molecule has 2 nitrogen and oxygen atoms in total. The van der Waals surface area contributed by atoms with E-state index in [0.29, 0.717) is 0 Å². The van der Waals surface area contributed by atoms with Gasteiger partial charge in [-0.05, 0) is 24.5 Å². The van der Waals surface area contributed by atoms with Gasteiger partial charge in [-0.15, -0.1) is 0 Å². The van der Waals surface area contributed by atoms with Gasteiger partial charge in [0, 0.05) is 24.5 Å². The van der Waals surface area contributed by atoms with Gasteiger partial charge < -0.3 is 5.32 Å². The van der Waals surface area contributed by atoms with Crippen molar-refractivity contribution in [3.05, 3.63) is 29.6 Å². The molecular formula is C9H10N2S. The van der Waals surface area contributed by atoms with Crippen molar-refractivity contribution in [2.45, 2.75) is 12.8 Å². The Labute approximate surface area is 77.0 Å². The van der Waals surface area contributed by atoms with Crippen LogP contribution in [-0.4, -0.2) is 16.5 Å². The fourth-order valence-corrected chi connectivity index (χ4v) is 1.71. The minimum Gasteiger partial charge on any atom is -0.376 e. The second-order valence-corrected chi connectivity index (χ2v) is 3.30. The molecule has 1 aliphatic heterocycles. The quantitative estimate of drug-likeness (QED) is 0.606. The molecule has 0 aromatic carbocycles. The average Bonchev–Trinajstić information content (AvgIpc) is 2.29. The van der Waals surface area contributed by atoms with Gasteiger partial charge in [0.25, 0.3) is 0 Å². The molecule has 1 N–H and O–H groups in total. The molecular weight excluding hydrogens is 168 g/mol. The zero-order valence-electron chi connectivity index (χ0n) is 6.71. The summed E-state index contributed by atoms with van der Waals surface area (Å²) in [6.45, 7) is 0.980.